The van der Waals surface area contributed by atoms with Crippen molar-refractivity contribution in [2.45, 2.75) is 13.5 Å². The summed E-state index contributed by atoms with van der Waals surface area (Å²) < 4.78 is 1.90. The van der Waals surface area contributed by atoms with E-state index in [1.54, 1.807) is 0 Å². The molecule has 2 nitrogen and oxygen atoms in total. The zero-order valence-corrected chi connectivity index (χ0v) is 5.33. The predicted octanol–water partition coefficient (Wildman–Crippen LogP) is 1.32. The van der Waals surface area contributed by atoms with E-state index in [1.807, 2.05) is 29.8 Å². The van der Waals surface area contributed by atoms with Crippen molar-refractivity contribution >= 4 is 0 Å². The van der Waals surface area contributed by atoms with E-state index in [2.05, 4.69) is 6.07 Å². The molecule has 1 rings (SSSR count). The molecule has 1 aromatic rings. The molecule has 0 radical (unpaired) electrons. The molecule has 46 valence electrons. The van der Waals surface area contributed by atoms with Gasteiger partial charge in [-0.15, -0.1) is 0 Å². The normalized spacial score (nSPS) is 8.89. The Morgan fingerprint density at radius 2 is 2.56 bits per heavy atom. The van der Waals surface area contributed by atoms with Crippen LogP contribution < -0.4 is 0 Å². The fourth-order valence-corrected chi connectivity index (χ4v) is 0.753. The van der Waals surface area contributed by atoms with Crippen LogP contribution in [-0.2, 0) is 6.54 Å². The van der Waals surface area contributed by atoms with Gasteiger partial charge in [0.2, 0.25) is 0 Å². The maximum atomic E-state index is 8.29. The van der Waals surface area contributed by atoms with E-state index in [-0.39, 0.29) is 0 Å². The standard InChI is InChI=1S/C7H8N2/c1-7-3-2-5-9(7)6-4-8/h2-3,5H,6H2,1H3. The van der Waals surface area contributed by atoms with E-state index in [1.165, 1.54) is 0 Å². The molecule has 0 aliphatic rings. The van der Waals surface area contributed by atoms with Gasteiger partial charge in [0, 0.05) is 11.9 Å². The van der Waals surface area contributed by atoms with Crippen LogP contribution in [0, 0.1) is 18.3 Å². The van der Waals surface area contributed by atoms with Gasteiger partial charge in [0.1, 0.15) is 6.54 Å². The van der Waals surface area contributed by atoms with Crippen LogP contribution >= 0.6 is 0 Å². The van der Waals surface area contributed by atoms with Crippen molar-refractivity contribution in [3.05, 3.63) is 24.0 Å². The molecule has 0 aromatic carbocycles. The van der Waals surface area contributed by atoms with Gasteiger partial charge in [0.25, 0.3) is 0 Å². The van der Waals surface area contributed by atoms with E-state index in [4.69, 9.17) is 5.26 Å². The molecule has 0 bridgehead atoms. The Balaban J connectivity index is 2.84. The average Bonchev–Trinajstić information content (AvgIpc) is 2.18. The Hall–Kier alpha value is -1.23. The van der Waals surface area contributed by atoms with Gasteiger partial charge in [-0.05, 0) is 19.1 Å². The van der Waals surface area contributed by atoms with Gasteiger partial charge in [0.15, 0.2) is 0 Å². The SMILES string of the molecule is Cc1cccn1CC#N. The average molecular weight is 120 g/mol. The Kier molecular flexibility index (Phi) is 1.55. The van der Waals surface area contributed by atoms with E-state index in [9.17, 15) is 0 Å². The second kappa shape index (κ2) is 2.36. The van der Waals surface area contributed by atoms with E-state index >= 15 is 0 Å². The fourth-order valence-electron chi connectivity index (χ4n) is 0.753. The minimum Gasteiger partial charge on any atom is -0.338 e. The van der Waals surface area contributed by atoms with Gasteiger partial charge >= 0.3 is 0 Å². The number of hydrogen-bond donors (Lipinski definition) is 0. The van der Waals surface area contributed by atoms with Gasteiger partial charge in [-0.1, -0.05) is 0 Å². The molecule has 0 saturated heterocycles. The quantitative estimate of drug-likeness (QED) is 0.549. The highest BCUT2D eigenvalue weighted by atomic mass is 14.9. The summed E-state index contributed by atoms with van der Waals surface area (Å²) in [6, 6.07) is 5.99. The number of aryl methyl sites for hydroxylation is 1. The van der Waals surface area contributed by atoms with Crippen molar-refractivity contribution in [3.63, 3.8) is 0 Å². The molecular weight excluding hydrogens is 112 g/mol. The van der Waals surface area contributed by atoms with Crippen LogP contribution in [0.15, 0.2) is 18.3 Å². The van der Waals surface area contributed by atoms with Gasteiger partial charge in [0.05, 0.1) is 6.07 Å². The summed E-state index contributed by atoms with van der Waals surface area (Å²) in [5.74, 6) is 0. The molecule has 0 amide bonds. The Labute approximate surface area is 54.3 Å². The Morgan fingerprint density at radius 1 is 1.78 bits per heavy atom. The van der Waals surface area contributed by atoms with Gasteiger partial charge < -0.3 is 4.57 Å². The first-order chi connectivity index (χ1) is 4.34. The monoisotopic (exact) mass is 120 g/mol. The second-order valence-corrected chi connectivity index (χ2v) is 1.94. The number of nitriles is 1. The minimum absolute atomic E-state index is 0.457. The van der Waals surface area contributed by atoms with Gasteiger partial charge in [-0.3, -0.25) is 0 Å². The largest absolute Gasteiger partial charge is 0.338 e. The molecule has 0 aliphatic heterocycles. The molecule has 1 heterocycles. The van der Waals surface area contributed by atoms with Crippen LogP contribution in [0.1, 0.15) is 5.69 Å². The number of aromatic nitrogens is 1. The zero-order valence-electron chi connectivity index (χ0n) is 5.33. The highest BCUT2D eigenvalue weighted by Gasteiger charge is 1.89. The molecule has 0 saturated carbocycles. The van der Waals surface area contributed by atoms with Crippen molar-refractivity contribution in [1.29, 1.82) is 5.26 Å². The zero-order chi connectivity index (χ0) is 6.69. The van der Waals surface area contributed by atoms with Gasteiger partial charge in [-0.2, -0.15) is 5.26 Å². The molecule has 2 heteroatoms. The summed E-state index contributed by atoms with van der Waals surface area (Å²) in [6.45, 7) is 2.44. The highest BCUT2D eigenvalue weighted by molar-refractivity contribution is 5.05. The third kappa shape index (κ3) is 1.11. The van der Waals surface area contributed by atoms with Crippen LogP contribution in [0.25, 0.3) is 0 Å². The van der Waals surface area contributed by atoms with Crippen LogP contribution in [0.3, 0.4) is 0 Å². The molecule has 0 N–H and O–H groups in total. The summed E-state index contributed by atoms with van der Waals surface area (Å²) in [7, 11) is 0. The van der Waals surface area contributed by atoms with Crippen molar-refractivity contribution in [1.82, 2.24) is 4.57 Å². The minimum atomic E-state index is 0.457. The second-order valence-electron chi connectivity index (χ2n) is 1.94. The molecule has 0 aliphatic carbocycles. The van der Waals surface area contributed by atoms with E-state index in [0.29, 0.717) is 6.54 Å². The van der Waals surface area contributed by atoms with Crippen molar-refractivity contribution < 1.29 is 0 Å². The number of hydrogen-bond acceptors (Lipinski definition) is 1. The fraction of sp³-hybridized carbons (Fsp3) is 0.286. The first-order valence-corrected chi connectivity index (χ1v) is 2.83. The lowest BCUT2D eigenvalue weighted by molar-refractivity contribution is 0.807. The lowest BCUT2D eigenvalue weighted by Crippen LogP contribution is -1.94. The van der Waals surface area contributed by atoms with E-state index in [0.717, 1.165) is 5.69 Å². The van der Waals surface area contributed by atoms with Crippen LogP contribution in [-0.4, -0.2) is 4.57 Å². The smallest absolute Gasteiger partial charge is 0.109 e. The Morgan fingerprint density at radius 3 is 3.00 bits per heavy atom. The first kappa shape index (κ1) is 5.90. The van der Waals surface area contributed by atoms with Gasteiger partial charge in [-0.25, -0.2) is 0 Å². The highest BCUT2D eigenvalue weighted by Crippen LogP contribution is 1.97. The summed E-state index contributed by atoms with van der Waals surface area (Å²) in [4.78, 5) is 0. The topological polar surface area (TPSA) is 28.7 Å². The molecule has 0 fully saturated rings. The molecule has 0 spiro atoms. The lowest BCUT2D eigenvalue weighted by Gasteiger charge is -1.95. The third-order valence-electron chi connectivity index (χ3n) is 1.30. The maximum Gasteiger partial charge on any atom is 0.109 e. The first-order valence-electron chi connectivity index (χ1n) is 2.83. The van der Waals surface area contributed by atoms with Crippen molar-refractivity contribution in [2.75, 3.05) is 0 Å². The number of nitrogens with zero attached hydrogens (tertiary/aromatic N) is 2. The molecule has 0 atom stereocenters. The molecule has 9 heavy (non-hydrogen) atoms. The lowest BCUT2D eigenvalue weighted by atomic mass is 10.5. The van der Waals surface area contributed by atoms with Crippen LogP contribution in [0.4, 0.5) is 0 Å². The summed E-state index contributed by atoms with van der Waals surface area (Å²) in [5, 5.41) is 8.29. The molecule has 0 unspecified atom stereocenters. The Bertz CT molecular complexity index is 229. The van der Waals surface area contributed by atoms with E-state index < -0.39 is 0 Å². The van der Waals surface area contributed by atoms with Crippen LogP contribution in [0.5, 0.6) is 0 Å². The summed E-state index contributed by atoms with van der Waals surface area (Å²) in [6.07, 6.45) is 1.90. The predicted molar refractivity (Wildman–Crippen MR) is 34.8 cm³/mol. The number of rotatable bonds is 1. The molecular formula is C7H8N2. The van der Waals surface area contributed by atoms with Crippen LogP contribution in [0.2, 0.25) is 0 Å². The van der Waals surface area contributed by atoms with Crippen molar-refractivity contribution in [2.24, 2.45) is 0 Å². The maximum absolute atomic E-state index is 8.29. The summed E-state index contributed by atoms with van der Waals surface area (Å²) in [5.41, 5.74) is 1.14. The van der Waals surface area contributed by atoms with Crippen molar-refractivity contribution in [3.8, 4) is 6.07 Å². The summed E-state index contributed by atoms with van der Waals surface area (Å²) >= 11 is 0. The third-order valence-corrected chi connectivity index (χ3v) is 1.30. The molecule has 1 aromatic heterocycles.